The Balaban J connectivity index is 1.92. The maximum Gasteiger partial charge on any atom is 0.261 e. The fourth-order valence-corrected chi connectivity index (χ4v) is 2.16. The maximum absolute atomic E-state index is 12.1. The number of carbonyl (C=O) groups excluding carboxylic acids is 2. The van der Waals surface area contributed by atoms with Gasteiger partial charge in [-0.2, -0.15) is 0 Å². The summed E-state index contributed by atoms with van der Waals surface area (Å²) in [6.45, 7) is 2.42. The highest BCUT2D eigenvalue weighted by Crippen LogP contribution is 2.22. The number of hydrogen-bond donors (Lipinski definition) is 0. The summed E-state index contributed by atoms with van der Waals surface area (Å²) in [4.78, 5) is 25.5. The van der Waals surface area contributed by atoms with E-state index in [4.69, 9.17) is 0 Å². The predicted molar refractivity (Wildman–Crippen MR) is 74.0 cm³/mol. The summed E-state index contributed by atoms with van der Waals surface area (Å²) in [7, 11) is 0. The summed E-state index contributed by atoms with van der Waals surface area (Å²) in [5, 5.41) is 0. The van der Waals surface area contributed by atoms with E-state index in [9.17, 15) is 9.59 Å². The van der Waals surface area contributed by atoms with E-state index in [1.54, 1.807) is 24.3 Å². The molecule has 3 nitrogen and oxygen atoms in total. The van der Waals surface area contributed by atoms with Crippen molar-refractivity contribution in [2.45, 2.75) is 26.2 Å². The lowest BCUT2D eigenvalue weighted by Crippen LogP contribution is -2.30. The van der Waals surface area contributed by atoms with Crippen LogP contribution in [0.25, 0.3) is 0 Å². The van der Waals surface area contributed by atoms with Crippen LogP contribution in [0.15, 0.2) is 42.1 Å². The third kappa shape index (κ3) is 2.83. The molecule has 1 aromatic rings. The SMILES string of the molecule is CC=C=CCCCCN1C(=O)c2ccccc2C1=O. The number of allylic oxidation sites excluding steroid dienone is 1. The zero-order chi connectivity index (χ0) is 13.7. The quantitative estimate of drug-likeness (QED) is 0.460. The maximum atomic E-state index is 12.1. The molecule has 2 amide bonds. The highest BCUT2D eigenvalue weighted by molar-refractivity contribution is 6.21. The zero-order valence-corrected chi connectivity index (χ0v) is 11.1. The van der Waals surface area contributed by atoms with Gasteiger partial charge in [-0.1, -0.05) is 12.1 Å². The van der Waals surface area contributed by atoms with Gasteiger partial charge in [0.2, 0.25) is 0 Å². The van der Waals surface area contributed by atoms with Gasteiger partial charge in [-0.25, -0.2) is 0 Å². The van der Waals surface area contributed by atoms with Crippen molar-refractivity contribution < 1.29 is 9.59 Å². The van der Waals surface area contributed by atoms with Gasteiger partial charge >= 0.3 is 0 Å². The average molecular weight is 255 g/mol. The van der Waals surface area contributed by atoms with Crippen molar-refractivity contribution in [3.63, 3.8) is 0 Å². The number of carbonyl (C=O) groups is 2. The van der Waals surface area contributed by atoms with Crippen molar-refractivity contribution in [1.29, 1.82) is 0 Å². The van der Waals surface area contributed by atoms with Gasteiger partial charge in [0.1, 0.15) is 0 Å². The van der Waals surface area contributed by atoms with Gasteiger partial charge in [-0.15, -0.1) is 5.73 Å². The number of amides is 2. The number of benzene rings is 1. The minimum absolute atomic E-state index is 0.162. The van der Waals surface area contributed by atoms with Crippen LogP contribution in [0.1, 0.15) is 46.9 Å². The van der Waals surface area contributed by atoms with E-state index in [2.05, 4.69) is 5.73 Å². The van der Waals surface area contributed by atoms with Gasteiger partial charge < -0.3 is 0 Å². The standard InChI is InChI=1S/C16H17NO2/c1-2-3-4-5-6-9-12-17-15(18)13-10-7-8-11-14(13)16(17)19/h2,4,7-8,10-11H,5-6,9,12H2,1H3. The Morgan fingerprint density at radius 2 is 1.74 bits per heavy atom. The summed E-state index contributed by atoms with van der Waals surface area (Å²) < 4.78 is 0. The molecule has 1 heterocycles. The molecule has 2 rings (SSSR count). The molecule has 0 aliphatic carbocycles. The monoisotopic (exact) mass is 255 g/mol. The van der Waals surface area contributed by atoms with Gasteiger partial charge in [-0.3, -0.25) is 14.5 Å². The van der Waals surface area contributed by atoms with E-state index in [1.165, 1.54) is 4.90 Å². The molecule has 0 saturated carbocycles. The molecule has 1 aliphatic heterocycles. The number of fused-ring (bicyclic) bond motifs is 1. The Morgan fingerprint density at radius 3 is 2.32 bits per heavy atom. The Labute approximate surface area is 113 Å². The Bertz CT molecular complexity index is 519. The predicted octanol–water partition coefficient (Wildman–Crippen LogP) is 3.18. The van der Waals surface area contributed by atoms with Crippen LogP contribution in [-0.2, 0) is 0 Å². The molecule has 0 aromatic heterocycles. The van der Waals surface area contributed by atoms with Gasteiger partial charge in [-0.05, 0) is 50.5 Å². The summed E-state index contributed by atoms with van der Waals surface area (Å²) >= 11 is 0. The van der Waals surface area contributed by atoms with Gasteiger partial charge in [0.05, 0.1) is 11.1 Å². The fraction of sp³-hybridized carbons (Fsp3) is 0.312. The van der Waals surface area contributed by atoms with Crippen molar-refractivity contribution in [3.8, 4) is 0 Å². The summed E-state index contributed by atoms with van der Waals surface area (Å²) in [5.74, 6) is -0.325. The first kappa shape index (κ1) is 13.3. The number of rotatable bonds is 5. The first-order chi connectivity index (χ1) is 9.25. The molecule has 0 unspecified atom stereocenters. The van der Waals surface area contributed by atoms with E-state index in [0.29, 0.717) is 17.7 Å². The van der Waals surface area contributed by atoms with Gasteiger partial charge in [0.15, 0.2) is 0 Å². The molecular weight excluding hydrogens is 238 g/mol. The largest absolute Gasteiger partial charge is 0.274 e. The van der Waals surface area contributed by atoms with Crippen molar-refractivity contribution in [3.05, 3.63) is 53.3 Å². The van der Waals surface area contributed by atoms with Crippen LogP contribution < -0.4 is 0 Å². The van der Waals surface area contributed by atoms with Crippen molar-refractivity contribution in [2.75, 3.05) is 6.54 Å². The number of imide groups is 1. The van der Waals surface area contributed by atoms with Crippen LogP contribution in [0.5, 0.6) is 0 Å². The first-order valence-electron chi connectivity index (χ1n) is 6.56. The lowest BCUT2D eigenvalue weighted by molar-refractivity contribution is 0.0652. The van der Waals surface area contributed by atoms with E-state index >= 15 is 0 Å². The van der Waals surface area contributed by atoms with Crippen LogP contribution in [0.4, 0.5) is 0 Å². The smallest absolute Gasteiger partial charge is 0.261 e. The van der Waals surface area contributed by atoms with Crippen LogP contribution in [0, 0.1) is 0 Å². The summed E-state index contributed by atoms with van der Waals surface area (Å²) in [6.07, 6.45) is 6.54. The molecule has 0 radical (unpaired) electrons. The van der Waals surface area contributed by atoms with Crippen LogP contribution in [-0.4, -0.2) is 23.3 Å². The Kier molecular flexibility index (Phi) is 4.32. The third-order valence-electron chi connectivity index (χ3n) is 3.14. The van der Waals surface area contributed by atoms with E-state index in [-0.39, 0.29) is 11.8 Å². The first-order valence-corrected chi connectivity index (χ1v) is 6.56. The molecule has 3 heteroatoms. The normalized spacial score (nSPS) is 13.2. The van der Waals surface area contributed by atoms with E-state index < -0.39 is 0 Å². The molecule has 0 bridgehead atoms. The molecule has 0 spiro atoms. The van der Waals surface area contributed by atoms with Crippen molar-refractivity contribution in [1.82, 2.24) is 4.90 Å². The van der Waals surface area contributed by atoms with Crippen molar-refractivity contribution in [2.24, 2.45) is 0 Å². The lowest BCUT2D eigenvalue weighted by atomic mass is 10.1. The van der Waals surface area contributed by atoms with Gasteiger partial charge in [0.25, 0.3) is 11.8 Å². The Hall–Kier alpha value is -2.12. The van der Waals surface area contributed by atoms with E-state index in [1.807, 2.05) is 19.1 Å². The Morgan fingerprint density at radius 1 is 1.11 bits per heavy atom. The summed E-state index contributed by atoms with van der Waals surface area (Å²) in [6, 6.07) is 7.00. The number of hydrogen-bond acceptors (Lipinski definition) is 2. The number of unbranched alkanes of at least 4 members (excludes halogenated alkanes) is 2. The molecule has 98 valence electrons. The molecule has 1 aliphatic rings. The second-order valence-electron chi connectivity index (χ2n) is 4.46. The molecule has 0 N–H and O–H groups in total. The molecule has 1 aromatic carbocycles. The molecule has 19 heavy (non-hydrogen) atoms. The highest BCUT2D eigenvalue weighted by Gasteiger charge is 2.34. The third-order valence-corrected chi connectivity index (χ3v) is 3.14. The van der Waals surface area contributed by atoms with Gasteiger partial charge in [0, 0.05) is 6.54 Å². The molecular formula is C16H17NO2. The van der Waals surface area contributed by atoms with E-state index in [0.717, 1.165) is 19.3 Å². The average Bonchev–Trinajstić information content (AvgIpc) is 2.68. The molecule has 0 fully saturated rings. The summed E-state index contributed by atoms with van der Waals surface area (Å²) in [5.41, 5.74) is 4.07. The second kappa shape index (κ2) is 6.17. The molecule has 0 atom stereocenters. The highest BCUT2D eigenvalue weighted by atomic mass is 16.2. The second-order valence-corrected chi connectivity index (χ2v) is 4.46. The van der Waals surface area contributed by atoms with Crippen molar-refractivity contribution >= 4 is 11.8 Å². The van der Waals surface area contributed by atoms with Crippen LogP contribution in [0.2, 0.25) is 0 Å². The fourth-order valence-electron chi connectivity index (χ4n) is 2.16. The zero-order valence-electron chi connectivity index (χ0n) is 11.1. The van der Waals surface area contributed by atoms with Crippen LogP contribution in [0.3, 0.4) is 0 Å². The topological polar surface area (TPSA) is 37.4 Å². The minimum Gasteiger partial charge on any atom is -0.274 e. The van der Waals surface area contributed by atoms with Crippen LogP contribution >= 0.6 is 0 Å². The lowest BCUT2D eigenvalue weighted by Gasteiger charge is -2.12. The number of nitrogens with zero attached hydrogens (tertiary/aromatic N) is 1. The minimum atomic E-state index is -0.162. The molecule has 0 saturated heterocycles.